The molecule has 0 saturated heterocycles. The van der Waals surface area contributed by atoms with E-state index in [2.05, 4.69) is 35.9 Å². The maximum absolute atomic E-state index is 11.0. The van der Waals surface area contributed by atoms with Crippen LogP contribution in [0.25, 0.3) is 0 Å². The van der Waals surface area contributed by atoms with E-state index in [1.165, 1.54) is 18.2 Å². The monoisotopic (exact) mass is 253 g/mol. The van der Waals surface area contributed by atoms with Gasteiger partial charge in [-0.3, -0.25) is 4.79 Å². The number of carbonyl (C=O) groups excluding carboxylic acids is 1. The lowest BCUT2D eigenvalue weighted by Crippen LogP contribution is -2.11. The van der Waals surface area contributed by atoms with E-state index >= 15 is 0 Å². The van der Waals surface area contributed by atoms with Crippen LogP contribution in [0.4, 0.5) is 0 Å². The summed E-state index contributed by atoms with van der Waals surface area (Å²) in [5, 5.41) is 0.250. The number of rotatable bonds is 6. The van der Waals surface area contributed by atoms with Crippen molar-refractivity contribution in [2.45, 2.75) is 18.6 Å². The Bertz CT molecular complexity index is 351. The van der Waals surface area contributed by atoms with E-state index in [1.807, 2.05) is 0 Å². The van der Waals surface area contributed by atoms with Crippen LogP contribution < -0.4 is 5.73 Å². The predicted molar refractivity (Wildman–Crippen MR) is 72.1 cm³/mol. The number of ether oxygens (including phenoxy) is 1. The lowest BCUT2D eigenvalue weighted by molar-refractivity contribution is -0.140. The zero-order valence-corrected chi connectivity index (χ0v) is 11.1. The molecule has 0 aliphatic carbocycles. The van der Waals surface area contributed by atoms with E-state index in [0.717, 1.165) is 5.75 Å². The molecule has 0 saturated carbocycles. The molecule has 1 aromatic rings. The Morgan fingerprint density at radius 2 is 2.06 bits per heavy atom. The third-order valence-electron chi connectivity index (χ3n) is 2.52. The van der Waals surface area contributed by atoms with Gasteiger partial charge in [-0.05, 0) is 12.5 Å². The Morgan fingerprint density at radius 1 is 1.41 bits per heavy atom. The fourth-order valence-corrected chi connectivity index (χ4v) is 2.52. The van der Waals surface area contributed by atoms with Crippen LogP contribution in [0.15, 0.2) is 24.3 Å². The maximum atomic E-state index is 11.0. The SMILES string of the molecule is COC(=O)CCSC(CN)c1ccc(C)cc1. The first-order chi connectivity index (χ1) is 8.17. The van der Waals surface area contributed by atoms with Gasteiger partial charge in [0.1, 0.15) is 0 Å². The normalized spacial score (nSPS) is 12.2. The van der Waals surface area contributed by atoms with Gasteiger partial charge in [-0.15, -0.1) is 0 Å². The second kappa shape index (κ2) is 7.35. The molecule has 1 unspecified atom stereocenters. The molecule has 0 fully saturated rings. The molecule has 0 spiro atoms. The minimum atomic E-state index is -0.169. The Morgan fingerprint density at radius 3 is 2.59 bits per heavy atom. The number of hydrogen-bond donors (Lipinski definition) is 1. The van der Waals surface area contributed by atoms with Gasteiger partial charge >= 0.3 is 5.97 Å². The van der Waals surface area contributed by atoms with Crippen molar-refractivity contribution < 1.29 is 9.53 Å². The van der Waals surface area contributed by atoms with Gasteiger partial charge < -0.3 is 10.5 Å². The van der Waals surface area contributed by atoms with Gasteiger partial charge in [-0.1, -0.05) is 29.8 Å². The molecule has 0 aliphatic heterocycles. The van der Waals surface area contributed by atoms with Crippen LogP contribution in [0.5, 0.6) is 0 Å². The van der Waals surface area contributed by atoms with Crippen LogP contribution >= 0.6 is 11.8 Å². The summed E-state index contributed by atoms with van der Waals surface area (Å²) in [6.07, 6.45) is 0.434. The number of carbonyl (C=O) groups is 1. The minimum Gasteiger partial charge on any atom is -0.469 e. The van der Waals surface area contributed by atoms with Gasteiger partial charge in [0, 0.05) is 17.5 Å². The summed E-state index contributed by atoms with van der Waals surface area (Å²) in [7, 11) is 1.41. The van der Waals surface area contributed by atoms with E-state index in [1.54, 1.807) is 11.8 Å². The third-order valence-corrected chi connectivity index (χ3v) is 3.82. The van der Waals surface area contributed by atoms with Crippen molar-refractivity contribution >= 4 is 17.7 Å². The number of nitrogens with two attached hydrogens (primary N) is 1. The third kappa shape index (κ3) is 4.79. The van der Waals surface area contributed by atoms with Crippen LogP contribution in [-0.4, -0.2) is 25.4 Å². The summed E-state index contributed by atoms with van der Waals surface area (Å²) >= 11 is 1.70. The molecule has 4 heteroatoms. The van der Waals surface area contributed by atoms with Gasteiger partial charge in [-0.25, -0.2) is 0 Å². The predicted octanol–water partition coefficient (Wildman–Crippen LogP) is 2.29. The second-order valence-corrected chi connectivity index (χ2v) is 5.14. The van der Waals surface area contributed by atoms with Crippen molar-refractivity contribution in [2.75, 3.05) is 19.4 Å². The highest BCUT2D eigenvalue weighted by molar-refractivity contribution is 7.99. The molecule has 1 aromatic carbocycles. The largest absolute Gasteiger partial charge is 0.469 e. The molecule has 0 amide bonds. The van der Waals surface area contributed by atoms with Crippen LogP contribution in [0.1, 0.15) is 22.8 Å². The Kier molecular flexibility index (Phi) is 6.08. The quantitative estimate of drug-likeness (QED) is 0.790. The standard InChI is InChI=1S/C13H19NO2S/c1-10-3-5-11(6-4-10)12(9-14)17-8-7-13(15)16-2/h3-6,12H,7-9,14H2,1-2H3. The molecule has 0 heterocycles. The molecular formula is C13H19NO2S. The molecule has 0 aromatic heterocycles. The highest BCUT2D eigenvalue weighted by Gasteiger charge is 2.11. The van der Waals surface area contributed by atoms with Gasteiger partial charge in [0.25, 0.3) is 0 Å². The lowest BCUT2D eigenvalue weighted by Gasteiger charge is -2.14. The van der Waals surface area contributed by atoms with E-state index in [0.29, 0.717) is 13.0 Å². The van der Waals surface area contributed by atoms with Gasteiger partial charge in [0.15, 0.2) is 0 Å². The lowest BCUT2D eigenvalue weighted by atomic mass is 10.1. The summed E-state index contributed by atoms with van der Waals surface area (Å²) in [6.45, 7) is 2.64. The van der Waals surface area contributed by atoms with Crippen molar-refractivity contribution in [3.05, 3.63) is 35.4 Å². The highest BCUT2D eigenvalue weighted by Crippen LogP contribution is 2.28. The number of benzene rings is 1. The van der Waals surface area contributed by atoms with Crippen molar-refractivity contribution in [1.29, 1.82) is 0 Å². The summed E-state index contributed by atoms with van der Waals surface area (Å²) < 4.78 is 4.60. The van der Waals surface area contributed by atoms with Crippen LogP contribution in [-0.2, 0) is 9.53 Å². The van der Waals surface area contributed by atoms with Gasteiger partial charge in [0.2, 0.25) is 0 Å². The van der Waals surface area contributed by atoms with E-state index in [9.17, 15) is 4.79 Å². The van der Waals surface area contributed by atoms with Gasteiger partial charge in [0.05, 0.1) is 13.5 Å². The molecule has 0 radical (unpaired) electrons. The molecule has 94 valence electrons. The molecule has 1 rings (SSSR count). The first kappa shape index (κ1) is 14.1. The molecular weight excluding hydrogens is 234 g/mol. The molecule has 0 bridgehead atoms. The minimum absolute atomic E-state index is 0.169. The number of esters is 1. The summed E-state index contributed by atoms with van der Waals surface area (Å²) in [5.41, 5.74) is 8.21. The number of methoxy groups -OCH3 is 1. The average molecular weight is 253 g/mol. The van der Waals surface area contributed by atoms with Crippen molar-refractivity contribution in [3.8, 4) is 0 Å². The number of thioether (sulfide) groups is 1. The molecule has 0 aliphatic rings. The average Bonchev–Trinajstić information content (AvgIpc) is 2.35. The summed E-state index contributed by atoms with van der Waals surface area (Å²) in [6, 6.07) is 8.35. The maximum Gasteiger partial charge on any atom is 0.306 e. The number of aryl methyl sites for hydroxylation is 1. The summed E-state index contributed by atoms with van der Waals surface area (Å²) in [5.74, 6) is 0.569. The van der Waals surface area contributed by atoms with Crippen molar-refractivity contribution in [3.63, 3.8) is 0 Å². The molecule has 2 N–H and O–H groups in total. The highest BCUT2D eigenvalue weighted by atomic mass is 32.2. The second-order valence-electron chi connectivity index (χ2n) is 3.83. The Labute approximate surface area is 107 Å². The fraction of sp³-hybridized carbons (Fsp3) is 0.462. The van der Waals surface area contributed by atoms with E-state index < -0.39 is 0 Å². The number of hydrogen-bond acceptors (Lipinski definition) is 4. The van der Waals surface area contributed by atoms with Crippen molar-refractivity contribution in [2.24, 2.45) is 5.73 Å². The first-order valence-electron chi connectivity index (χ1n) is 5.62. The molecule has 17 heavy (non-hydrogen) atoms. The van der Waals surface area contributed by atoms with E-state index in [-0.39, 0.29) is 11.2 Å². The van der Waals surface area contributed by atoms with Crippen molar-refractivity contribution in [1.82, 2.24) is 0 Å². The zero-order chi connectivity index (χ0) is 12.7. The van der Waals surface area contributed by atoms with Crippen LogP contribution in [0, 0.1) is 6.92 Å². The van der Waals surface area contributed by atoms with E-state index in [4.69, 9.17) is 5.73 Å². The topological polar surface area (TPSA) is 52.3 Å². The van der Waals surface area contributed by atoms with Gasteiger partial charge in [-0.2, -0.15) is 11.8 Å². The fourth-order valence-electron chi connectivity index (χ4n) is 1.47. The molecule has 3 nitrogen and oxygen atoms in total. The first-order valence-corrected chi connectivity index (χ1v) is 6.67. The zero-order valence-electron chi connectivity index (χ0n) is 10.3. The summed E-state index contributed by atoms with van der Waals surface area (Å²) in [4.78, 5) is 11.0. The smallest absolute Gasteiger partial charge is 0.306 e. The molecule has 1 atom stereocenters. The van der Waals surface area contributed by atoms with Crippen LogP contribution in [0.2, 0.25) is 0 Å². The van der Waals surface area contributed by atoms with Crippen LogP contribution in [0.3, 0.4) is 0 Å². The Balaban J connectivity index is 2.48. The Hall–Kier alpha value is -1.00.